The van der Waals surface area contributed by atoms with E-state index in [4.69, 9.17) is 9.84 Å². The summed E-state index contributed by atoms with van der Waals surface area (Å²) in [6.07, 6.45) is 1.55. The van der Waals surface area contributed by atoms with Crippen molar-refractivity contribution in [2.75, 3.05) is 6.61 Å². The quantitative estimate of drug-likeness (QED) is 0.849. The Labute approximate surface area is 126 Å². The molecule has 2 heteroatoms. The van der Waals surface area contributed by atoms with Crippen molar-refractivity contribution in [3.8, 4) is 17.6 Å². The molecule has 0 amide bonds. The van der Waals surface area contributed by atoms with Gasteiger partial charge in [0, 0.05) is 12.0 Å². The largest absolute Gasteiger partial charge is 0.489 e. The Morgan fingerprint density at radius 2 is 1.81 bits per heavy atom. The predicted octanol–water partition coefficient (Wildman–Crippen LogP) is 3.56. The van der Waals surface area contributed by atoms with Gasteiger partial charge in [-0.3, -0.25) is 0 Å². The lowest BCUT2D eigenvalue weighted by atomic mass is 10.1. The van der Waals surface area contributed by atoms with Crippen LogP contribution in [0.25, 0.3) is 0 Å². The van der Waals surface area contributed by atoms with Crippen molar-refractivity contribution in [2.24, 2.45) is 0 Å². The Morgan fingerprint density at radius 1 is 1.05 bits per heavy atom. The SMILES string of the molecule is CCc1ccc(COc2cccc(C#CCCO)c2)cc1. The molecule has 0 aliphatic carbocycles. The molecule has 0 bridgehead atoms. The summed E-state index contributed by atoms with van der Waals surface area (Å²) in [6, 6.07) is 16.2. The molecular formula is C19H20O2. The van der Waals surface area contributed by atoms with Gasteiger partial charge in [0.25, 0.3) is 0 Å². The number of rotatable bonds is 5. The molecule has 0 saturated carbocycles. The first-order chi connectivity index (χ1) is 10.3. The van der Waals surface area contributed by atoms with E-state index in [2.05, 4.69) is 43.0 Å². The van der Waals surface area contributed by atoms with Crippen LogP contribution in [-0.2, 0) is 13.0 Å². The molecule has 0 spiro atoms. The third kappa shape index (κ3) is 4.98. The van der Waals surface area contributed by atoms with Crippen LogP contribution in [0.4, 0.5) is 0 Å². The van der Waals surface area contributed by atoms with Crippen LogP contribution in [-0.4, -0.2) is 11.7 Å². The van der Waals surface area contributed by atoms with Gasteiger partial charge in [0.15, 0.2) is 0 Å². The van der Waals surface area contributed by atoms with Crippen LogP contribution in [0.3, 0.4) is 0 Å². The summed E-state index contributed by atoms with van der Waals surface area (Å²) in [5.41, 5.74) is 3.39. The molecular weight excluding hydrogens is 260 g/mol. The molecule has 0 aromatic heterocycles. The van der Waals surface area contributed by atoms with Crippen molar-refractivity contribution >= 4 is 0 Å². The highest BCUT2D eigenvalue weighted by Crippen LogP contribution is 2.15. The molecule has 2 aromatic rings. The second-order valence-electron chi connectivity index (χ2n) is 4.76. The molecule has 1 N–H and O–H groups in total. The van der Waals surface area contributed by atoms with Crippen LogP contribution in [0, 0.1) is 11.8 Å². The van der Waals surface area contributed by atoms with E-state index in [1.807, 2.05) is 24.3 Å². The monoisotopic (exact) mass is 280 g/mol. The summed E-state index contributed by atoms with van der Waals surface area (Å²) >= 11 is 0. The van der Waals surface area contributed by atoms with Crippen LogP contribution in [0.5, 0.6) is 5.75 Å². The molecule has 0 aliphatic heterocycles. The van der Waals surface area contributed by atoms with Gasteiger partial charge in [0.05, 0.1) is 6.61 Å². The van der Waals surface area contributed by atoms with Crippen LogP contribution in [0.1, 0.15) is 30.0 Å². The Balaban J connectivity index is 1.96. The first-order valence-corrected chi connectivity index (χ1v) is 7.22. The lowest BCUT2D eigenvalue weighted by Crippen LogP contribution is -1.96. The number of hydrogen-bond donors (Lipinski definition) is 1. The standard InChI is InChI=1S/C19H20O2/c1-2-16-9-11-18(12-10-16)15-21-19-8-5-7-17(14-19)6-3-4-13-20/h5,7-12,14,20H,2,4,13,15H2,1H3. The summed E-state index contributed by atoms with van der Waals surface area (Å²) in [5, 5.41) is 8.72. The van der Waals surface area contributed by atoms with E-state index in [9.17, 15) is 0 Å². The Morgan fingerprint density at radius 3 is 2.52 bits per heavy atom. The summed E-state index contributed by atoms with van der Waals surface area (Å²) in [4.78, 5) is 0. The molecule has 0 saturated heterocycles. The zero-order valence-electron chi connectivity index (χ0n) is 12.3. The Hall–Kier alpha value is -2.24. The van der Waals surface area contributed by atoms with Crippen LogP contribution in [0.15, 0.2) is 48.5 Å². The fourth-order valence-corrected chi connectivity index (χ4v) is 1.92. The predicted molar refractivity (Wildman–Crippen MR) is 85.2 cm³/mol. The van der Waals surface area contributed by atoms with E-state index < -0.39 is 0 Å². The number of hydrogen-bond acceptors (Lipinski definition) is 2. The highest BCUT2D eigenvalue weighted by atomic mass is 16.5. The van der Waals surface area contributed by atoms with Crippen LogP contribution in [0.2, 0.25) is 0 Å². The van der Waals surface area contributed by atoms with E-state index in [1.165, 1.54) is 5.56 Å². The number of aryl methyl sites for hydroxylation is 1. The topological polar surface area (TPSA) is 29.5 Å². The minimum atomic E-state index is 0.0942. The third-order valence-corrected chi connectivity index (χ3v) is 3.14. The van der Waals surface area contributed by atoms with Crippen molar-refractivity contribution in [2.45, 2.75) is 26.4 Å². The number of benzene rings is 2. The van der Waals surface area contributed by atoms with E-state index >= 15 is 0 Å². The van der Waals surface area contributed by atoms with Crippen LogP contribution < -0.4 is 4.74 Å². The van der Waals surface area contributed by atoms with Crippen molar-refractivity contribution < 1.29 is 9.84 Å². The van der Waals surface area contributed by atoms with Crippen molar-refractivity contribution in [1.29, 1.82) is 0 Å². The fourth-order valence-electron chi connectivity index (χ4n) is 1.92. The molecule has 2 rings (SSSR count). The minimum Gasteiger partial charge on any atom is -0.489 e. The lowest BCUT2D eigenvalue weighted by Gasteiger charge is -2.07. The van der Waals surface area contributed by atoms with Crippen molar-refractivity contribution in [3.63, 3.8) is 0 Å². The van der Waals surface area contributed by atoms with Gasteiger partial charge >= 0.3 is 0 Å². The third-order valence-electron chi connectivity index (χ3n) is 3.14. The molecule has 0 unspecified atom stereocenters. The number of aliphatic hydroxyl groups excluding tert-OH is 1. The second kappa shape index (κ2) is 8.14. The lowest BCUT2D eigenvalue weighted by molar-refractivity contribution is 0.305. The van der Waals surface area contributed by atoms with Crippen LogP contribution >= 0.6 is 0 Å². The molecule has 0 fully saturated rings. The molecule has 0 aliphatic rings. The molecule has 0 heterocycles. The normalized spacial score (nSPS) is 9.81. The average Bonchev–Trinajstić information content (AvgIpc) is 2.54. The maximum Gasteiger partial charge on any atom is 0.121 e. The van der Waals surface area contributed by atoms with E-state index in [0.717, 1.165) is 23.3 Å². The highest BCUT2D eigenvalue weighted by Gasteiger charge is 1.97. The maximum absolute atomic E-state index is 8.72. The Bertz CT molecular complexity index is 618. The van der Waals surface area contributed by atoms with Gasteiger partial charge in [-0.25, -0.2) is 0 Å². The fraction of sp³-hybridized carbons (Fsp3) is 0.263. The molecule has 2 nitrogen and oxygen atoms in total. The molecule has 108 valence electrons. The zero-order chi connectivity index (χ0) is 14.9. The first-order valence-electron chi connectivity index (χ1n) is 7.22. The smallest absolute Gasteiger partial charge is 0.121 e. The van der Waals surface area contributed by atoms with Gasteiger partial charge in [-0.05, 0) is 35.7 Å². The van der Waals surface area contributed by atoms with Gasteiger partial charge in [-0.2, -0.15) is 0 Å². The van der Waals surface area contributed by atoms with E-state index in [0.29, 0.717) is 13.0 Å². The van der Waals surface area contributed by atoms with Gasteiger partial charge in [-0.1, -0.05) is 49.1 Å². The highest BCUT2D eigenvalue weighted by molar-refractivity contribution is 5.39. The van der Waals surface area contributed by atoms with Gasteiger partial charge < -0.3 is 9.84 Å². The average molecular weight is 280 g/mol. The van der Waals surface area contributed by atoms with E-state index in [-0.39, 0.29) is 6.61 Å². The Kier molecular flexibility index (Phi) is 5.87. The summed E-state index contributed by atoms with van der Waals surface area (Å²) in [7, 11) is 0. The van der Waals surface area contributed by atoms with Crippen molar-refractivity contribution in [3.05, 3.63) is 65.2 Å². The molecule has 0 atom stereocenters. The molecule has 0 radical (unpaired) electrons. The molecule has 21 heavy (non-hydrogen) atoms. The second-order valence-corrected chi connectivity index (χ2v) is 4.76. The zero-order valence-corrected chi connectivity index (χ0v) is 12.3. The van der Waals surface area contributed by atoms with Gasteiger partial charge in [0.1, 0.15) is 12.4 Å². The maximum atomic E-state index is 8.72. The number of ether oxygens (including phenoxy) is 1. The van der Waals surface area contributed by atoms with Crippen molar-refractivity contribution in [1.82, 2.24) is 0 Å². The summed E-state index contributed by atoms with van der Waals surface area (Å²) in [5.74, 6) is 6.73. The summed E-state index contributed by atoms with van der Waals surface area (Å²) < 4.78 is 5.80. The minimum absolute atomic E-state index is 0.0942. The molecule has 2 aromatic carbocycles. The van der Waals surface area contributed by atoms with Gasteiger partial charge in [-0.15, -0.1) is 0 Å². The first kappa shape index (κ1) is 15.2. The van der Waals surface area contributed by atoms with E-state index in [1.54, 1.807) is 0 Å². The van der Waals surface area contributed by atoms with Gasteiger partial charge in [0.2, 0.25) is 0 Å². The summed E-state index contributed by atoms with van der Waals surface area (Å²) in [6.45, 7) is 2.79. The number of aliphatic hydroxyl groups is 1.